The van der Waals surface area contributed by atoms with Gasteiger partial charge in [0.25, 0.3) is 0 Å². The summed E-state index contributed by atoms with van der Waals surface area (Å²) < 4.78 is 18.8. The van der Waals surface area contributed by atoms with Crippen LogP contribution < -0.4 is 0 Å². The first kappa shape index (κ1) is 25.2. The van der Waals surface area contributed by atoms with E-state index in [1.54, 1.807) is 6.08 Å². The number of benzene rings is 1. The number of hydrogen-bond acceptors (Lipinski definition) is 3. The Bertz CT molecular complexity index is 835. The Morgan fingerprint density at radius 2 is 1.76 bits per heavy atom. The zero-order valence-corrected chi connectivity index (χ0v) is 20.0. The van der Waals surface area contributed by atoms with Crippen molar-refractivity contribution in [2.45, 2.75) is 96.0 Å². The molecular weight excluding hydrogens is 413 g/mol. The third kappa shape index (κ3) is 8.14. The van der Waals surface area contributed by atoms with Gasteiger partial charge < -0.3 is 4.74 Å². The van der Waals surface area contributed by atoms with Crippen LogP contribution in [0.4, 0.5) is 4.39 Å². The van der Waals surface area contributed by atoms with Crippen LogP contribution in [0.1, 0.15) is 94.6 Å². The first-order valence-electron chi connectivity index (χ1n) is 12.8. The lowest BCUT2D eigenvalue weighted by Gasteiger charge is -2.31. The summed E-state index contributed by atoms with van der Waals surface area (Å²) in [6, 6.07) is 10.7. The minimum absolute atomic E-state index is 0.0148. The highest BCUT2D eigenvalue weighted by Crippen LogP contribution is 2.36. The van der Waals surface area contributed by atoms with E-state index in [1.165, 1.54) is 49.0 Å². The fourth-order valence-corrected chi connectivity index (χ4v) is 5.19. The predicted octanol–water partition coefficient (Wildman–Crippen LogP) is 7.73. The van der Waals surface area contributed by atoms with E-state index in [0.29, 0.717) is 11.8 Å². The van der Waals surface area contributed by atoms with Gasteiger partial charge in [-0.05, 0) is 93.2 Å². The molecule has 0 bridgehead atoms. The van der Waals surface area contributed by atoms with Gasteiger partial charge in [0, 0.05) is 0 Å². The molecule has 0 aliphatic heterocycles. The van der Waals surface area contributed by atoms with Gasteiger partial charge >= 0.3 is 5.97 Å². The molecule has 0 aromatic heterocycles. The highest BCUT2D eigenvalue weighted by Gasteiger charge is 2.30. The normalized spacial score (nSPS) is 26.2. The maximum atomic E-state index is 12.9. The minimum atomic E-state index is -0.780. The molecule has 0 unspecified atom stereocenters. The fourth-order valence-electron chi connectivity index (χ4n) is 5.19. The molecule has 0 heterocycles. The highest BCUT2D eigenvalue weighted by atomic mass is 19.1. The monoisotopic (exact) mass is 451 g/mol. The van der Waals surface area contributed by atoms with Gasteiger partial charge in [0.15, 0.2) is 5.83 Å². The molecule has 0 saturated heterocycles. The number of halogens is 1. The van der Waals surface area contributed by atoms with Crippen molar-refractivity contribution in [2.75, 3.05) is 0 Å². The summed E-state index contributed by atoms with van der Waals surface area (Å²) in [6.07, 6.45) is 17.3. The molecule has 3 rings (SSSR count). The summed E-state index contributed by atoms with van der Waals surface area (Å²) in [5, 5.41) is 8.44. The maximum Gasteiger partial charge on any atom is 0.309 e. The Morgan fingerprint density at radius 3 is 2.39 bits per heavy atom. The summed E-state index contributed by atoms with van der Waals surface area (Å²) in [7, 11) is 0. The maximum absolute atomic E-state index is 12.9. The lowest BCUT2D eigenvalue weighted by Crippen LogP contribution is -2.29. The van der Waals surface area contributed by atoms with Crippen molar-refractivity contribution < 1.29 is 13.9 Å². The number of nitriles is 1. The van der Waals surface area contributed by atoms with Gasteiger partial charge in [-0.3, -0.25) is 4.79 Å². The molecule has 3 nitrogen and oxygen atoms in total. The van der Waals surface area contributed by atoms with Crippen LogP contribution in [0, 0.1) is 23.2 Å². The third-order valence-corrected chi connectivity index (χ3v) is 7.31. The molecule has 1 aromatic rings. The summed E-state index contributed by atoms with van der Waals surface area (Å²) in [5.41, 5.74) is 2.86. The minimum Gasteiger partial charge on any atom is -0.462 e. The van der Waals surface area contributed by atoms with Gasteiger partial charge in [-0.25, -0.2) is 0 Å². The molecule has 2 aliphatic rings. The first-order chi connectivity index (χ1) is 16.1. The number of ether oxygens (including phenoxy) is 1. The summed E-state index contributed by atoms with van der Waals surface area (Å²) in [6.45, 7) is 2.24. The highest BCUT2D eigenvalue weighted by molar-refractivity contribution is 5.72. The van der Waals surface area contributed by atoms with Gasteiger partial charge in [0.1, 0.15) is 12.2 Å². The number of allylic oxidation sites excluding steroid dienone is 4. The molecule has 2 aliphatic carbocycles. The average molecular weight is 452 g/mol. The quantitative estimate of drug-likeness (QED) is 0.167. The average Bonchev–Trinajstić information content (AvgIpc) is 2.85. The van der Waals surface area contributed by atoms with E-state index >= 15 is 0 Å². The smallest absolute Gasteiger partial charge is 0.309 e. The second kappa shape index (κ2) is 13.3. The molecule has 0 radical (unpaired) electrons. The van der Waals surface area contributed by atoms with Crippen molar-refractivity contribution >= 4 is 5.97 Å². The van der Waals surface area contributed by atoms with Crippen molar-refractivity contribution in [3.05, 3.63) is 59.4 Å². The number of unbranched alkanes of at least 4 members (excludes halogenated alkanes) is 2. The van der Waals surface area contributed by atoms with Crippen molar-refractivity contribution in [1.82, 2.24) is 0 Å². The third-order valence-electron chi connectivity index (χ3n) is 7.31. The van der Waals surface area contributed by atoms with E-state index < -0.39 is 5.83 Å². The largest absolute Gasteiger partial charge is 0.462 e. The van der Waals surface area contributed by atoms with E-state index in [2.05, 4.69) is 31.2 Å². The molecule has 0 N–H and O–H groups in total. The second-order valence-electron chi connectivity index (χ2n) is 9.73. The summed E-state index contributed by atoms with van der Waals surface area (Å²) in [4.78, 5) is 12.7. The number of nitrogens with zero attached hydrogens (tertiary/aromatic N) is 1. The first-order valence-corrected chi connectivity index (χ1v) is 12.8. The lowest BCUT2D eigenvalue weighted by molar-refractivity contribution is -0.157. The van der Waals surface area contributed by atoms with E-state index in [-0.39, 0.29) is 18.0 Å². The molecule has 0 amide bonds. The molecule has 178 valence electrons. The Balaban J connectivity index is 1.37. The van der Waals surface area contributed by atoms with Gasteiger partial charge in [0.05, 0.1) is 5.92 Å². The Hall–Kier alpha value is -2.41. The molecule has 2 saturated carbocycles. The Kier molecular flexibility index (Phi) is 10.2. The Labute approximate surface area is 198 Å². The molecule has 0 atom stereocenters. The molecule has 0 spiro atoms. The van der Waals surface area contributed by atoms with Crippen LogP contribution >= 0.6 is 0 Å². The predicted molar refractivity (Wildman–Crippen MR) is 130 cm³/mol. The van der Waals surface area contributed by atoms with Gasteiger partial charge in [0.2, 0.25) is 0 Å². The van der Waals surface area contributed by atoms with E-state index in [4.69, 9.17) is 10.00 Å². The standard InChI is InChI=1S/C29H38FNO2/c1-2-3-4-6-22-9-13-24(14-10-22)25-17-19-28(20-18-25)33-29(32)26-15-11-23(12-16-26)7-5-8-27(30)21-31/h5,7-10,13-14,23,25-26,28H,2-4,6,11-12,15-20H2,1H3. The van der Waals surface area contributed by atoms with Crippen molar-refractivity contribution in [1.29, 1.82) is 5.26 Å². The van der Waals surface area contributed by atoms with E-state index in [0.717, 1.165) is 51.4 Å². The Morgan fingerprint density at radius 1 is 1.06 bits per heavy atom. The fraction of sp³-hybridized carbons (Fsp3) is 0.586. The van der Waals surface area contributed by atoms with Gasteiger partial charge in [-0.15, -0.1) is 0 Å². The van der Waals surface area contributed by atoms with Crippen LogP contribution in [-0.2, 0) is 16.0 Å². The number of carbonyl (C=O) groups is 1. The number of hydrogen-bond donors (Lipinski definition) is 0. The molecule has 1 aromatic carbocycles. The van der Waals surface area contributed by atoms with Crippen LogP contribution in [0.2, 0.25) is 0 Å². The van der Waals surface area contributed by atoms with Gasteiger partial charge in [-0.1, -0.05) is 56.2 Å². The van der Waals surface area contributed by atoms with Crippen molar-refractivity contribution in [2.24, 2.45) is 11.8 Å². The second-order valence-corrected chi connectivity index (χ2v) is 9.73. The molecule has 2 fully saturated rings. The van der Waals surface area contributed by atoms with Crippen LogP contribution in [-0.4, -0.2) is 12.1 Å². The van der Waals surface area contributed by atoms with Gasteiger partial charge in [-0.2, -0.15) is 9.65 Å². The number of esters is 1. The molecule has 4 heteroatoms. The topological polar surface area (TPSA) is 50.1 Å². The number of carbonyl (C=O) groups excluding carboxylic acids is 1. The van der Waals surface area contributed by atoms with E-state index in [9.17, 15) is 9.18 Å². The van der Waals surface area contributed by atoms with Crippen LogP contribution in [0.25, 0.3) is 0 Å². The summed E-state index contributed by atoms with van der Waals surface area (Å²) in [5.74, 6) is 0.0847. The SMILES string of the molecule is CCCCCc1ccc(C2CCC(OC(=O)C3CCC(C=CC=C(F)C#N)CC3)CC2)cc1. The zero-order chi connectivity index (χ0) is 23.5. The van der Waals surface area contributed by atoms with Crippen LogP contribution in [0.5, 0.6) is 0 Å². The van der Waals surface area contributed by atoms with Crippen LogP contribution in [0.15, 0.2) is 48.3 Å². The van der Waals surface area contributed by atoms with Crippen molar-refractivity contribution in [3.63, 3.8) is 0 Å². The van der Waals surface area contributed by atoms with Crippen LogP contribution in [0.3, 0.4) is 0 Å². The van der Waals surface area contributed by atoms with Crippen molar-refractivity contribution in [3.8, 4) is 6.07 Å². The molecular formula is C29H38FNO2. The number of rotatable bonds is 9. The molecule has 33 heavy (non-hydrogen) atoms. The number of aryl methyl sites for hydroxylation is 1. The van der Waals surface area contributed by atoms with E-state index in [1.807, 2.05) is 6.08 Å². The zero-order valence-electron chi connectivity index (χ0n) is 20.0. The summed E-state index contributed by atoms with van der Waals surface area (Å²) >= 11 is 0. The lowest BCUT2D eigenvalue weighted by atomic mass is 9.81.